The zero-order chi connectivity index (χ0) is 15.0. The highest BCUT2D eigenvalue weighted by atomic mass is 16.5. The van der Waals surface area contributed by atoms with Crippen LogP contribution in [-0.4, -0.2) is 26.6 Å². The highest BCUT2D eigenvalue weighted by Crippen LogP contribution is 2.50. The molecule has 0 atom stereocenters. The smallest absolute Gasteiger partial charge is 0.409 e. The molecule has 2 aromatic heterocycles. The number of nitrogens with two attached hydrogens (primary N) is 1. The third-order valence-corrected chi connectivity index (χ3v) is 3.63. The van der Waals surface area contributed by atoms with E-state index in [1.165, 1.54) is 18.3 Å². The molecule has 0 spiro atoms. The van der Waals surface area contributed by atoms with Gasteiger partial charge >= 0.3 is 6.09 Å². The van der Waals surface area contributed by atoms with Crippen LogP contribution in [-0.2, 0) is 12.5 Å². The lowest BCUT2D eigenvalue weighted by Gasteiger charge is -2.11. The topological polar surface area (TPSA) is 100 Å². The number of carbonyl (C=O) groups excluding carboxylic acids is 2. The number of amides is 1. The molecule has 7 nitrogen and oxygen atoms in total. The third kappa shape index (κ3) is 2.37. The van der Waals surface area contributed by atoms with E-state index in [4.69, 9.17) is 5.73 Å². The number of aryl methyl sites for hydroxylation is 1. The Morgan fingerprint density at radius 1 is 1.33 bits per heavy atom. The van der Waals surface area contributed by atoms with Crippen LogP contribution in [0, 0.1) is 0 Å². The first-order valence-electron chi connectivity index (χ1n) is 6.48. The average molecular weight is 286 g/mol. The van der Waals surface area contributed by atoms with Crippen molar-refractivity contribution in [3.8, 4) is 5.75 Å². The lowest BCUT2D eigenvalue weighted by Crippen LogP contribution is -2.21. The van der Waals surface area contributed by atoms with E-state index in [2.05, 4.69) is 14.8 Å². The van der Waals surface area contributed by atoms with Gasteiger partial charge in [-0.05, 0) is 25.0 Å². The van der Waals surface area contributed by atoms with Crippen LogP contribution in [0.2, 0.25) is 0 Å². The van der Waals surface area contributed by atoms with Gasteiger partial charge in [-0.1, -0.05) is 0 Å². The quantitative estimate of drug-likeness (QED) is 0.851. The summed E-state index contributed by atoms with van der Waals surface area (Å²) in [4.78, 5) is 27.3. The van der Waals surface area contributed by atoms with Crippen LogP contribution < -0.4 is 10.5 Å². The Labute approximate surface area is 120 Å². The molecule has 2 N–H and O–H groups in total. The molecule has 0 radical (unpaired) electrons. The summed E-state index contributed by atoms with van der Waals surface area (Å²) in [6.45, 7) is 0. The van der Waals surface area contributed by atoms with Crippen LogP contribution in [0.3, 0.4) is 0 Å². The van der Waals surface area contributed by atoms with Crippen molar-refractivity contribution in [3.63, 3.8) is 0 Å². The lowest BCUT2D eigenvalue weighted by molar-refractivity contribution is 0.0941. The van der Waals surface area contributed by atoms with Gasteiger partial charge in [0.25, 0.3) is 0 Å². The summed E-state index contributed by atoms with van der Waals surface area (Å²) in [6, 6.07) is 3.04. The zero-order valence-corrected chi connectivity index (χ0v) is 11.4. The van der Waals surface area contributed by atoms with Gasteiger partial charge in [0.2, 0.25) is 0 Å². The fourth-order valence-corrected chi connectivity index (χ4v) is 2.38. The lowest BCUT2D eigenvalue weighted by atomic mass is 9.92. The van der Waals surface area contributed by atoms with E-state index in [9.17, 15) is 9.59 Å². The van der Waals surface area contributed by atoms with Crippen LogP contribution in [0.4, 0.5) is 4.79 Å². The number of primary amides is 1. The molecule has 0 aliphatic heterocycles. The van der Waals surface area contributed by atoms with E-state index in [1.807, 2.05) is 13.2 Å². The third-order valence-electron chi connectivity index (χ3n) is 3.63. The van der Waals surface area contributed by atoms with Crippen LogP contribution in [0.15, 0.2) is 30.7 Å². The fourth-order valence-electron chi connectivity index (χ4n) is 2.38. The van der Waals surface area contributed by atoms with Gasteiger partial charge in [-0.3, -0.25) is 9.48 Å². The average Bonchev–Trinajstić information content (AvgIpc) is 3.15. The van der Waals surface area contributed by atoms with E-state index >= 15 is 0 Å². The summed E-state index contributed by atoms with van der Waals surface area (Å²) >= 11 is 0. The van der Waals surface area contributed by atoms with Gasteiger partial charge in [-0.2, -0.15) is 5.10 Å². The summed E-state index contributed by atoms with van der Waals surface area (Å²) in [5, 5.41) is 4.12. The number of ketones is 1. The van der Waals surface area contributed by atoms with E-state index < -0.39 is 11.5 Å². The second-order valence-corrected chi connectivity index (χ2v) is 5.11. The minimum atomic E-state index is -0.912. The Bertz CT molecular complexity index is 701. The van der Waals surface area contributed by atoms with Gasteiger partial charge in [0.1, 0.15) is 5.69 Å². The molecule has 0 unspecified atom stereocenters. The van der Waals surface area contributed by atoms with Crippen molar-refractivity contribution in [1.29, 1.82) is 0 Å². The Kier molecular flexibility index (Phi) is 2.97. The number of ether oxygens (including phenoxy) is 1. The second kappa shape index (κ2) is 4.69. The van der Waals surface area contributed by atoms with Crippen molar-refractivity contribution < 1.29 is 14.3 Å². The van der Waals surface area contributed by atoms with Crippen molar-refractivity contribution >= 4 is 11.9 Å². The number of aromatic nitrogens is 3. The highest BCUT2D eigenvalue weighted by Gasteiger charge is 2.52. The molecule has 108 valence electrons. The molecule has 0 aromatic carbocycles. The van der Waals surface area contributed by atoms with Crippen molar-refractivity contribution in [3.05, 3.63) is 42.0 Å². The van der Waals surface area contributed by atoms with Crippen molar-refractivity contribution in [1.82, 2.24) is 14.8 Å². The highest BCUT2D eigenvalue weighted by molar-refractivity contribution is 6.04. The molecule has 3 rings (SSSR count). The summed E-state index contributed by atoms with van der Waals surface area (Å²) in [5.74, 6) is 0.173. The number of nitrogens with zero attached hydrogens (tertiary/aromatic N) is 3. The molecule has 2 heterocycles. The first-order chi connectivity index (χ1) is 10.0. The van der Waals surface area contributed by atoms with E-state index in [1.54, 1.807) is 10.9 Å². The van der Waals surface area contributed by atoms with Crippen LogP contribution >= 0.6 is 0 Å². The van der Waals surface area contributed by atoms with Gasteiger partial charge < -0.3 is 10.5 Å². The van der Waals surface area contributed by atoms with Crippen molar-refractivity contribution in [2.75, 3.05) is 0 Å². The normalized spacial score (nSPS) is 15.5. The Hall–Kier alpha value is -2.70. The van der Waals surface area contributed by atoms with Crippen LogP contribution in [0.5, 0.6) is 5.75 Å². The molecule has 0 saturated heterocycles. The predicted octanol–water partition coefficient (Wildman–Crippen LogP) is 1.19. The van der Waals surface area contributed by atoms with Gasteiger partial charge in [0.15, 0.2) is 11.5 Å². The molecular formula is C14H14N4O3. The second-order valence-electron chi connectivity index (χ2n) is 5.11. The Morgan fingerprint density at radius 2 is 2.10 bits per heavy atom. The number of hydrogen-bond donors (Lipinski definition) is 1. The minimum Gasteiger partial charge on any atom is -0.409 e. The standard InChI is InChI=1S/C14H14N4O3/c1-18-8-9(6-17-18)14(4-5-14)12(19)11-3-2-10(7-16-11)21-13(15)20/h2-3,6-8H,4-5H2,1H3,(H2,15,20). The zero-order valence-electron chi connectivity index (χ0n) is 11.4. The largest absolute Gasteiger partial charge is 0.410 e. The molecule has 2 aromatic rings. The molecule has 1 aliphatic carbocycles. The van der Waals surface area contributed by atoms with E-state index in [0.29, 0.717) is 5.69 Å². The first kappa shape index (κ1) is 13.3. The summed E-state index contributed by atoms with van der Waals surface area (Å²) in [5.41, 5.74) is 5.66. The maximum Gasteiger partial charge on any atom is 0.410 e. The molecule has 7 heteroatoms. The van der Waals surface area contributed by atoms with Crippen molar-refractivity contribution in [2.24, 2.45) is 12.8 Å². The fraction of sp³-hybridized carbons (Fsp3) is 0.286. The van der Waals surface area contributed by atoms with E-state index in [-0.39, 0.29) is 11.5 Å². The summed E-state index contributed by atoms with van der Waals surface area (Å²) in [6.07, 6.45) is 5.56. The number of hydrogen-bond acceptors (Lipinski definition) is 5. The molecule has 0 bridgehead atoms. The maximum absolute atomic E-state index is 12.6. The summed E-state index contributed by atoms with van der Waals surface area (Å²) in [7, 11) is 1.82. The van der Waals surface area contributed by atoms with Crippen molar-refractivity contribution in [2.45, 2.75) is 18.3 Å². The monoisotopic (exact) mass is 286 g/mol. The number of pyridine rings is 1. The van der Waals surface area contributed by atoms with Gasteiger partial charge in [0, 0.05) is 18.8 Å². The first-order valence-corrected chi connectivity index (χ1v) is 6.48. The molecule has 1 aliphatic rings. The van der Waals surface area contributed by atoms with E-state index in [0.717, 1.165) is 18.4 Å². The van der Waals surface area contributed by atoms with Crippen LogP contribution in [0.25, 0.3) is 0 Å². The van der Waals surface area contributed by atoms with Gasteiger partial charge in [-0.25, -0.2) is 9.78 Å². The number of carbonyl (C=O) groups is 2. The molecule has 1 amide bonds. The Balaban J connectivity index is 1.84. The predicted molar refractivity (Wildman–Crippen MR) is 72.9 cm³/mol. The molecule has 1 fully saturated rings. The van der Waals surface area contributed by atoms with Crippen LogP contribution in [0.1, 0.15) is 28.9 Å². The summed E-state index contributed by atoms with van der Waals surface area (Å²) < 4.78 is 6.37. The van der Waals surface area contributed by atoms with Gasteiger partial charge in [-0.15, -0.1) is 0 Å². The number of Topliss-reactive ketones (excluding diaryl/α,β-unsaturated/α-hetero) is 1. The molecule has 21 heavy (non-hydrogen) atoms. The molecule has 1 saturated carbocycles. The SMILES string of the molecule is Cn1cc(C2(C(=O)c3ccc(OC(N)=O)cn3)CC2)cn1. The Morgan fingerprint density at radius 3 is 2.57 bits per heavy atom. The minimum absolute atomic E-state index is 0.0406. The van der Waals surface area contributed by atoms with Gasteiger partial charge in [0.05, 0.1) is 17.8 Å². The number of rotatable bonds is 4. The maximum atomic E-state index is 12.6. The molecular weight excluding hydrogens is 272 g/mol.